The SMILES string of the molecule is C.COc1ccc(C(=O)Nc2cccc(CNc3cc(-c4ccccc4Cl)nc4c(Br)cnn34)c2)cc1. The Morgan fingerprint density at radius 2 is 1.84 bits per heavy atom. The number of nitrogens with one attached hydrogen (secondary N) is 2. The summed E-state index contributed by atoms with van der Waals surface area (Å²) < 4.78 is 7.67. The minimum absolute atomic E-state index is 0. The molecule has 0 aliphatic heterocycles. The van der Waals surface area contributed by atoms with Gasteiger partial charge in [0.15, 0.2) is 5.65 Å². The van der Waals surface area contributed by atoms with Gasteiger partial charge in [-0.05, 0) is 64.0 Å². The summed E-state index contributed by atoms with van der Waals surface area (Å²) in [6.07, 6.45) is 1.71. The van der Waals surface area contributed by atoms with Crippen LogP contribution in [0.15, 0.2) is 89.5 Å². The Morgan fingerprint density at radius 1 is 1.05 bits per heavy atom. The number of carbonyl (C=O) groups excluding carboxylic acids is 1. The average molecular weight is 579 g/mol. The zero-order valence-electron chi connectivity index (χ0n) is 19.2. The number of nitrogens with zero attached hydrogens (tertiary/aromatic N) is 3. The van der Waals surface area contributed by atoms with E-state index >= 15 is 0 Å². The number of anilines is 2. The van der Waals surface area contributed by atoms with Gasteiger partial charge in [0.1, 0.15) is 11.6 Å². The molecule has 7 nitrogen and oxygen atoms in total. The Hall–Kier alpha value is -3.88. The Kier molecular flexibility index (Phi) is 8.11. The molecule has 0 aliphatic carbocycles. The van der Waals surface area contributed by atoms with Crippen LogP contribution in [0.1, 0.15) is 23.3 Å². The zero-order chi connectivity index (χ0) is 25.1. The van der Waals surface area contributed by atoms with E-state index in [9.17, 15) is 4.79 Å². The molecule has 0 spiro atoms. The second-order valence-corrected chi connectivity index (χ2v) is 9.23. The van der Waals surface area contributed by atoms with Crippen molar-refractivity contribution in [3.63, 3.8) is 0 Å². The van der Waals surface area contributed by atoms with Gasteiger partial charge in [0.2, 0.25) is 0 Å². The van der Waals surface area contributed by atoms with E-state index in [1.54, 1.807) is 42.1 Å². The van der Waals surface area contributed by atoms with Crippen LogP contribution in [0.3, 0.4) is 0 Å². The number of hydrogen-bond donors (Lipinski definition) is 2. The molecule has 37 heavy (non-hydrogen) atoms. The fourth-order valence-electron chi connectivity index (χ4n) is 3.77. The van der Waals surface area contributed by atoms with Crippen LogP contribution < -0.4 is 15.4 Å². The average Bonchev–Trinajstić information content (AvgIpc) is 3.28. The first kappa shape index (κ1) is 26.2. The van der Waals surface area contributed by atoms with Crippen LogP contribution in [0.5, 0.6) is 5.75 Å². The van der Waals surface area contributed by atoms with E-state index in [0.717, 1.165) is 27.1 Å². The molecule has 5 rings (SSSR count). The molecule has 2 heterocycles. The van der Waals surface area contributed by atoms with Gasteiger partial charge in [0, 0.05) is 34.4 Å². The molecule has 188 valence electrons. The standard InChI is InChI=1S/C27H21BrClN5O2.CH4/c1-36-20-11-9-18(10-12-20)27(35)32-19-6-4-5-17(13-19)15-30-25-14-24(21-7-2-3-8-23(21)29)33-26-22(28)16-31-34(25)26;/h2-14,16,30H,15H2,1H3,(H,32,35);1H4. The number of ether oxygens (including phenoxy) is 1. The lowest BCUT2D eigenvalue weighted by molar-refractivity contribution is 0.102. The topological polar surface area (TPSA) is 80.5 Å². The molecular weight excluding hydrogens is 554 g/mol. The highest BCUT2D eigenvalue weighted by Crippen LogP contribution is 2.30. The summed E-state index contributed by atoms with van der Waals surface area (Å²) in [5, 5.41) is 11.4. The van der Waals surface area contributed by atoms with E-state index < -0.39 is 0 Å². The molecule has 3 aromatic carbocycles. The molecule has 1 amide bonds. The lowest BCUT2D eigenvalue weighted by Crippen LogP contribution is -2.12. The second kappa shape index (κ2) is 11.5. The summed E-state index contributed by atoms with van der Waals surface area (Å²) in [7, 11) is 1.59. The Balaban J connectivity index is 0.00000320. The maximum Gasteiger partial charge on any atom is 0.255 e. The predicted octanol–water partition coefficient (Wildman–Crippen LogP) is 7.32. The number of methoxy groups -OCH3 is 1. The second-order valence-electron chi connectivity index (χ2n) is 7.97. The predicted molar refractivity (Wildman–Crippen MR) is 153 cm³/mol. The fourth-order valence-corrected chi connectivity index (χ4v) is 4.35. The number of fused-ring (bicyclic) bond motifs is 1. The van der Waals surface area contributed by atoms with E-state index in [4.69, 9.17) is 21.3 Å². The molecule has 0 atom stereocenters. The number of hydrogen-bond acceptors (Lipinski definition) is 5. The number of halogens is 2. The van der Waals surface area contributed by atoms with E-state index in [-0.39, 0.29) is 13.3 Å². The normalized spacial score (nSPS) is 10.6. The number of rotatable bonds is 7. The number of aromatic nitrogens is 3. The molecule has 0 radical (unpaired) electrons. The van der Waals surface area contributed by atoms with Gasteiger partial charge in [-0.15, -0.1) is 0 Å². The maximum atomic E-state index is 12.7. The summed E-state index contributed by atoms with van der Waals surface area (Å²) in [6, 6.07) is 24.2. The van der Waals surface area contributed by atoms with Crippen molar-refractivity contribution < 1.29 is 9.53 Å². The van der Waals surface area contributed by atoms with Gasteiger partial charge in [-0.1, -0.05) is 49.4 Å². The highest BCUT2D eigenvalue weighted by atomic mass is 79.9. The molecule has 9 heteroatoms. The van der Waals surface area contributed by atoms with Crippen molar-refractivity contribution in [2.75, 3.05) is 17.7 Å². The highest BCUT2D eigenvalue weighted by Gasteiger charge is 2.13. The molecule has 0 aliphatic rings. The van der Waals surface area contributed by atoms with E-state index in [2.05, 4.69) is 31.7 Å². The van der Waals surface area contributed by atoms with Crippen molar-refractivity contribution in [1.82, 2.24) is 14.6 Å². The third kappa shape index (κ3) is 5.76. The maximum absolute atomic E-state index is 12.7. The van der Waals surface area contributed by atoms with E-state index in [1.807, 2.05) is 54.6 Å². The van der Waals surface area contributed by atoms with Gasteiger partial charge >= 0.3 is 0 Å². The molecule has 0 fully saturated rings. The van der Waals surface area contributed by atoms with E-state index in [1.165, 1.54) is 0 Å². The highest BCUT2D eigenvalue weighted by molar-refractivity contribution is 9.10. The van der Waals surface area contributed by atoms with Gasteiger partial charge in [0.25, 0.3) is 5.91 Å². The lowest BCUT2D eigenvalue weighted by atomic mass is 10.1. The Bertz CT molecular complexity index is 1550. The van der Waals surface area contributed by atoms with Gasteiger partial charge in [0.05, 0.1) is 23.5 Å². The minimum atomic E-state index is -0.190. The fraction of sp³-hybridized carbons (Fsp3) is 0.107. The van der Waals surface area contributed by atoms with Crippen molar-refractivity contribution in [3.8, 4) is 17.0 Å². The smallest absolute Gasteiger partial charge is 0.255 e. The van der Waals surface area contributed by atoms with Crippen LogP contribution in [0.25, 0.3) is 16.9 Å². The summed E-state index contributed by atoms with van der Waals surface area (Å²) in [5.41, 5.74) is 4.48. The molecule has 5 aromatic rings. The summed E-state index contributed by atoms with van der Waals surface area (Å²) >= 11 is 9.96. The van der Waals surface area contributed by atoms with Crippen molar-refractivity contribution >= 4 is 50.6 Å². The number of amides is 1. The Morgan fingerprint density at radius 3 is 2.59 bits per heavy atom. The zero-order valence-corrected chi connectivity index (χ0v) is 21.5. The van der Waals surface area contributed by atoms with Crippen LogP contribution >= 0.6 is 27.5 Å². The van der Waals surface area contributed by atoms with Gasteiger partial charge in [-0.2, -0.15) is 9.61 Å². The molecular formula is C28H25BrClN5O2. The number of carbonyl (C=O) groups is 1. The van der Waals surface area contributed by atoms with Gasteiger partial charge in [-0.25, -0.2) is 4.98 Å². The first-order valence-electron chi connectivity index (χ1n) is 11.1. The first-order valence-corrected chi connectivity index (χ1v) is 12.3. The van der Waals surface area contributed by atoms with Crippen molar-refractivity contribution in [2.24, 2.45) is 0 Å². The molecule has 0 unspecified atom stereocenters. The van der Waals surface area contributed by atoms with Crippen LogP contribution in [0.2, 0.25) is 5.02 Å². The molecule has 0 saturated carbocycles. The first-order chi connectivity index (χ1) is 17.5. The van der Waals surface area contributed by atoms with Crippen molar-refractivity contribution in [2.45, 2.75) is 14.0 Å². The Labute approximate surface area is 228 Å². The third-order valence-electron chi connectivity index (χ3n) is 5.59. The minimum Gasteiger partial charge on any atom is -0.497 e. The monoisotopic (exact) mass is 577 g/mol. The van der Waals surface area contributed by atoms with Gasteiger partial charge in [-0.3, -0.25) is 4.79 Å². The van der Waals surface area contributed by atoms with Crippen LogP contribution in [-0.2, 0) is 6.54 Å². The van der Waals surface area contributed by atoms with Crippen LogP contribution in [-0.4, -0.2) is 27.6 Å². The van der Waals surface area contributed by atoms with Crippen molar-refractivity contribution in [1.29, 1.82) is 0 Å². The largest absolute Gasteiger partial charge is 0.497 e. The molecule has 2 aromatic heterocycles. The lowest BCUT2D eigenvalue weighted by Gasteiger charge is -2.13. The molecule has 0 saturated heterocycles. The quantitative estimate of drug-likeness (QED) is 0.211. The molecule has 0 bridgehead atoms. The number of benzene rings is 3. The summed E-state index contributed by atoms with van der Waals surface area (Å²) in [4.78, 5) is 17.4. The van der Waals surface area contributed by atoms with Crippen LogP contribution in [0, 0.1) is 0 Å². The molecule has 2 N–H and O–H groups in total. The van der Waals surface area contributed by atoms with Gasteiger partial charge < -0.3 is 15.4 Å². The summed E-state index contributed by atoms with van der Waals surface area (Å²) in [5.74, 6) is 1.27. The summed E-state index contributed by atoms with van der Waals surface area (Å²) in [6.45, 7) is 0.505. The van der Waals surface area contributed by atoms with Crippen molar-refractivity contribution in [3.05, 3.63) is 106 Å². The third-order valence-corrected chi connectivity index (χ3v) is 6.48. The van der Waals surface area contributed by atoms with Crippen LogP contribution in [0.4, 0.5) is 11.5 Å². The van der Waals surface area contributed by atoms with E-state index in [0.29, 0.717) is 34.2 Å².